The number of H-pyrrole nitrogens is 1. The van der Waals surface area contributed by atoms with Crippen molar-refractivity contribution in [2.75, 3.05) is 0 Å². The SMILES string of the molecule is CCCC(N)C(CC)Sc1n[nH]c(C)n1. The summed E-state index contributed by atoms with van der Waals surface area (Å²) in [4.78, 5) is 4.28. The molecule has 0 spiro atoms. The lowest BCUT2D eigenvalue weighted by Gasteiger charge is -2.19. The second kappa shape index (κ2) is 6.12. The van der Waals surface area contributed by atoms with E-state index < -0.39 is 0 Å². The Morgan fingerprint density at radius 2 is 2.20 bits per heavy atom. The second-order valence-corrected chi connectivity index (χ2v) is 4.93. The third-order valence-electron chi connectivity index (χ3n) is 2.34. The summed E-state index contributed by atoms with van der Waals surface area (Å²) in [5.74, 6) is 0.858. The maximum Gasteiger partial charge on any atom is 0.208 e. The third kappa shape index (κ3) is 3.83. The second-order valence-electron chi connectivity index (χ2n) is 3.72. The van der Waals surface area contributed by atoms with E-state index in [1.54, 1.807) is 11.8 Å². The highest BCUT2D eigenvalue weighted by Gasteiger charge is 2.18. The Balaban J connectivity index is 2.53. The Morgan fingerprint density at radius 3 is 2.67 bits per heavy atom. The summed E-state index contributed by atoms with van der Waals surface area (Å²) in [6, 6.07) is 0.240. The summed E-state index contributed by atoms with van der Waals surface area (Å²) < 4.78 is 0. The maximum atomic E-state index is 6.11. The zero-order valence-electron chi connectivity index (χ0n) is 9.66. The van der Waals surface area contributed by atoms with Gasteiger partial charge in [0, 0.05) is 11.3 Å². The lowest BCUT2D eigenvalue weighted by molar-refractivity contribution is 0.565. The van der Waals surface area contributed by atoms with E-state index in [4.69, 9.17) is 5.73 Å². The van der Waals surface area contributed by atoms with E-state index in [-0.39, 0.29) is 6.04 Å². The molecule has 0 aliphatic carbocycles. The van der Waals surface area contributed by atoms with Gasteiger partial charge in [0.25, 0.3) is 0 Å². The number of nitrogens with zero attached hydrogens (tertiary/aromatic N) is 2. The van der Waals surface area contributed by atoms with Crippen LogP contribution >= 0.6 is 11.8 Å². The Bertz CT molecular complexity index is 287. The summed E-state index contributed by atoms with van der Waals surface area (Å²) in [6.45, 7) is 6.23. The lowest BCUT2D eigenvalue weighted by Crippen LogP contribution is -2.31. The van der Waals surface area contributed by atoms with Crippen LogP contribution in [0.5, 0.6) is 0 Å². The highest BCUT2D eigenvalue weighted by Crippen LogP contribution is 2.25. The van der Waals surface area contributed by atoms with Crippen LogP contribution in [0.15, 0.2) is 5.16 Å². The standard InChI is InChI=1S/C10H20N4S/c1-4-6-8(11)9(5-2)15-10-12-7(3)13-14-10/h8-9H,4-6,11H2,1-3H3,(H,12,13,14). The fraction of sp³-hybridized carbons (Fsp3) is 0.800. The Kier molecular flexibility index (Phi) is 5.11. The molecule has 5 heteroatoms. The van der Waals surface area contributed by atoms with Crippen molar-refractivity contribution >= 4 is 11.8 Å². The molecule has 1 heterocycles. The molecule has 0 bridgehead atoms. The van der Waals surface area contributed by atoms with Gasteiger partial charge in [0.15, 0.2) is 0 Å². The van der Waals surface area contributed by atoms with Crippen LogP contribution in [0.3, 0.4) is 0 Å². The first-order chi connectivity index (χ1) is 7.17. The number of rotatable bonds is 6. The van der Waals surface area contributed by atoms with Gasteiger partial charge in [-0.05, 0) is 19.8 Å². The minimum atomic E-state index is 0.240. The van der Waals surface area contributed by atoms with Gasteiger partial charge in [0.1, 0.15) is 5.82 Å². The van der Waals surface area contributed by atoms with Crippen LogP contribution < -0.4 is 5.73 Å². The molecule has 0 aromatic carbocycles. The summed E-state index contributed by atoms with van der Waals surface area (Å²) in [6.07, 6.45) is 3.25. The summed E-state index contributed by atoms with van der Waals surface area (Å²) in [7, 11) is 0. The van der Waals surface area contributed by atoms with Crippen LogP contribution in [-0.4, -0.2) is 26.5 Å². The largest absolute Gasteiger partial charge is 0.327 e. The minimum absolute atomic E-state index is 0.240. The molecule has 0 radical (unpaired) electrons. The predicted octanol–water partition coefficient (Wildman–Crippen LogP) is 2.11. The number of nitrogens with two attached hydrogens (primary N) is 1. The van der Waals surface area contributed by atoms with Gasteiger partial charge in [0.05, 0.1) is 0 Å². The van der Waals surface area contributed by atoms with Crippen LogP contribution in [0.2, 0.25) is 0 Å². The first kappa shape index (κ1) is 12.5. The molecular formula is C10H20N4S. The molecule has 3 N–H and O–H groups in total. The first-order valence-electron chi connectivity index (χ1n) is 5.48. The zero-order chi connectivity index (χ0) is 11.3. The van der Waals surface area contributed by atoms with Crippen LogP contribution in [0.1, 0.15) is 38.9 Å². The van der Waals surface area contributed by atoms with Crippen molar-refractivity contribution in [2.24, 2.45) is 5.73 Å². The molecule has 0 saturated heterocycles. The topological polar surface area (TPSA) is 67.6 Å². The molecule has 0 fully saturated rings. The Morgan fingerprint density at radius 1 is 1.47 bits per heavy atom. The van der Waals surface area contributed by atoms with Gasteiger partial charge < -0.3 is 5.73 Å². The van der Waals surface area contributed by atoms with Gasteiger partial charge in [-0.25, -0.2) is 4.98 Å². The van der Waals surface area contributed by atoms with Crippen molar-refractivity contribution in [1.82, 2.24) is 15.2 Å². The van der Waals surface area contributed by atoms with Crippen molar-refractivity contribution in [2.45, 2.75) is 56.5 Å². The molecule has 0 amide bonds. The highest BCUT2D eigenvalue weighted by molar-refractivity contribution is 7.99. The van der Waals surface area contributed by atoms with Gasteiger partial charge in [-0.15, -0.1) is 5.10 Å². The summed E-state index contributed by atoms with van der Waals surface area (Å²) in [5.41, 5.74) is 6.11. The quantitative estimate of drug-likeness (QED) is 0.732. The van der Waals surface area contributed by atoms with Crippen LogP contribution in [-0.2, 0) is 0 Å². The van der Waals surface area contributed by atoms with E-state index in [1.807, 2.05) is 6.92 Å². The van der Waals surface area contributed by atoms with E-state index in [0.29, 0.717) is 5.25 Å². The molecule has 0 saturated carbocycles. The molecule has 0 aliphatic rings. The minimum Gasteiger partial charge on any atom is -0.327 e. The smallest absolute Gasteiger partial charge is 0.208 e. The Hall–Kier alpha value is -0.550. The highest BCUT2D eigenvalue weighted by atomic mass is 32.2. The average molecular weight is 228 g/mol. The van der Waals surface area contributed by atoms with Gasteiger partial charge in [-0.1, -0.05) is 32.0 Å². The summed E-state index contributed by atoms with van der Waals surface area (Å²) >= 11 is 1.68. The van der Waals surface area contributed by atoms with Crippen molar-refractivity contribution < 1.29 is 0 Å². The maximum absolute atomic E-state index is 6.11. The van der Waals surface area contributed by atoms with Crippen molar-refractivity contribution in [3.8, 4) is 0 Å². The number of nitrogens with one attached hydrogen (secondary N) is 1. The molecule has 1 aromatic rings. The van der Waals surface area contributed by atoms with Crippen LogP contribution in [0.25, 0.3) is 0 Å². The van der Waals surface area contributed by atoms with E-state index in [9.17, 15) is 0 Å². The number of thioether (sulfide) groups is 1. The van der Waals surface area contributed by atoms with E-state index in [0.717, 1.165) is 30.2 Å². The van der Waals surface area contributed by atoms with Crippen molar-refractivity contribution in [3.05, 3.63) is 5.82 Å². The average Bonchev–Trinajstić information content (AvgIpc) is 2.61. The molecule has 2 unspecified atom stereocenters. The van der Waals surface area contributed by atoms with E-state index in [2.05, 4.69) is 29.0 Å². The third-order valence-corrected chi connectivity index (χ3v) is 3.71. The fourth-order valence-electron chi connectivity index (χ4n) is 1.50. The van der Waals surface area contributed by atoms with E-state index >= 15 is 0 Å². The van der Waals surface area contributed by atoms with Gasteiger partial charge in [-0.3, -0.25) is 5.10 Å². The normalized spacial score (nSPS) is 15.2. The molecule has 1 rings (SSSR count). The number of aromatic amines is 1. The van der Waals surface area contributed by atoms with Crippen LogP contribution in [0.4, 0.5) is 0 Å². The zero-order valence-corrected chi connectivity index (χ0v) is 10.5. The summed E-state index contributed by atoms with van der Waals surface area (Å²) in [5, 5.41) is 8.19. The first-order valence-corrected chi connectivity index (χ1v) is 6.36. The fourth-order valence-corrected chi connectivity index (χ4v) is 2.54. The number of aromatic nitrogens is 3. The lowest BCUT2D eigenvalue weighted by atomic mass is 10.1. The number of hydrogen-bond donors (Lipinski definition) is 2. The van der Waals surface area contributed by atoms with Gasteiger partial charge >= 0.3 is 0 Å². The van der Waals surface area contributed by atoms with Crippen molar-refractivity contribution in [3.63, 3.8) is 0 Å². The molecule has 4 nitrogen and oxygen atoms in total. The molecule has 1 aromatic heterocycles. The number of aryl methyl sites for hydroxylation is 1. The number of hydrogen-bond acceptors (Lipinski definition) is 4. The molecule has 15 heavy (non-hydrogen) atoms. The van der Waals surface area contributed by atoms with Gasteiger partial charge in [-0.2, -0.15) is 0 Å². The molecule has 2 atom stereocenters. The van der Waals surface area contributed by atoms with Crippen LogP contribution in [0, 0.1) is 6.92 Å². The molecule has 86 valence electrons. The van der Waals surface area contributed by atoms with Crippen molar-refractivity contribution in [1.29, 1.82) is 0 Å². The Labute approximate surface area is 95.4 Å². The monoisotopic (exact) mass is 228 g/mol. The van der Waals surface area contributed by atoms with Gasteiger partial charge in [0.2, 0.25) is 5.16 Å². The predicted molar refractivity (Wildman–Crippen MR) is 63.9 cm³/mol. The molecular weight excluding hydrogens is 208 g/mol. The van der Waals surface area contributed by atoms with E-state index in [1.165, 1.54) is 0 Å². The molecule has 0 aliphatic heterocycles.